The van der Waals surface area contributed by atoms with Gasteiger partial charge in [-0.1, -0.05) is 18.2 Å². The van der Waals surface area contributed by atoms with Gasteiger partial charge >= 0.3 is 0 Å². The van der Waals surface area contributed by atoms with Crippen molar-refractivity contribution in [2.75, 3.05) is 18.8 Å². The summed E-state index contributed by atoms with van der Waals surface area (Å²) in [6.07, 6.45) is 1.51. The molecule has 2 aromatic heterocycles. The summed E-state index contributed by atoms with van der Waals surface area (Å²) in [5.41, 5.74) is 9.07. The highest BCUT2D eigenvalue weighted by Crippen LogP contribution is 2.31. The monoisotopic (exact) mass is 325 g/mol. The Morgan fingerprint density at radius 1 is 1.25 bits per heavy atom. The number of piperidine rings is 1. The van der Waals surface area contributed by atoms with Crippen molar-refractivity contribution in [3.05, 3.63) is 30.0 Å². The maximum Gasteiger partial charge on any atom is 0.152 e. The van der Waals surface area contributed by atoms with Crippen molar-refractivity contribution >= 4 is 27.6 Å². The summed E-state index contributed by atoms with van der Waals surface area (Å²) >= 11 is 0. The largest absolute Gasteiger partial charge is 0.393 e. The second kappa shape index (κ2) is 6.03. The molecule has 0 radical (unpaired) electrons. The van der Waals surface area contributed by atoms with Crippen LogP contribution in [-0.4, -0.2) is 44.0 Å². The Labute approximate surface area is 140 Å². The first-order valence-electron chi connectivity index (χ1n) is 8.61. The van der Waals surface area contributed by atoms with Crippen LogP contribution in [0, 0.1) is 0 Å². The van der Waals surface area contributed by atoms with Crippen molar-refractivity contribution in [2.45, 2.75) is 39.0 Å². The zero-order chi connectivity index (χ0) is 16.7. The van der Waals surface area contributed by atoms with Crippen molar-refractivity contribution in [3.8, 4) is 0 Å². The average Bonchev–Trinajstić information content (AvgIpc) is 2.96. The number of hydrogen-bond acceptors (Lipinski definition) is 5. The van der Waals surface area contributed by atoms with Crippen LogP contribution >= 0.6 is 0 Å². The Morgan fingerprint density at radius 2 is 2.00 bits per heavy atom. The molecule has 24 heavy (non-hydrogen) atoms. The minimum Gasteiger partial charge on any atom is -0.393 e. The summed E-state index contributed by atoms with van der Waals surface area (Å²) in [4.78, 5) is 6.89. The highest BCUT2D eigenvalue weighted by atomic mass is 16.3. The lowest BCUT2D eigenvalue weighted by molar-refractivity contribution is 0.0782. The number of nitrogens with zero attached hydrogens (tertiary/aromatic N) is 4. The van der Waals surface area contributed by atoms with Crippen molar-refractivity contribution in [3.63, 3.8) is 0 Å². The van der Waals surface area contributed by atoms with E-state index < -0.39 is 0 Å². The van der Waals surface area contributed by atoms with E-state index in [0.29, 0.717) is 5.82 Å². The third-order valence-electron chi connectivity index (χ3n) is 4.94. The van der Waals surface area contributed by atoms with Gasteiger partial charge in [0.15, 0.2) is 5.82 Å². The van der Waals surface area contributed by atoms with Crippen molar-refractivity contribution in [2.24, 2.45) is 0 Å². The van der Waals surface area contributed by atoms with E-state index in [1.165, 1.54) is 5.69 Å². The zero-order valence-corrected chi connectivity index (χ0v) is 13.9. The molecular weight excluding hydrogens is 302 g/mol. The summed E-state index contributed by atoms with van der Waals surface area (Å²) in [5, 5.41) is 16.7. The van der Waals surface area contributed by atoms with Gasteiger partial charge < -0.3 is 10.8 Å². The molecule has 0 bridgehead atoms. The Balaban J connectivity index is 1.86. The molecule has 4 rings (SSSR count). The van der Waals surface area contributed by atoms with E-state index in [-0.39, 0.29) is 6.10 Å². The Hall–Kier alpha value is -2.18. The molecule has 0 unspecified atom stereocenters. The first-order valence-corrected chi connectivity index (χ1v) is 8.61. The predicted molar refractivity (Wildman–Crippen MR) is 95.6 cm³/mol. The molecule has 126 valence electrons. The van der Waals surface area contributed by atoms with Gasteiger partial charge in [0.2, 0.25) is 0 Å². The van der Waals surface area contributed by atoms with Crippen LogP contribution in [0.5, 0.6) is 0 Å². The molecule has 6 heteroatoms. The van der Waals surface area contributed by atoms with Crippen molar-refractivity contribution < 1.29 is 5.11 Å². The molecule has 1 aliphatic heterocycles. The van der Waals surface area contributed by atoms with Gasteiger partial charge in [0.25, 0.3) is 0 Å². The molecular formula is C18H23N5O. The summed E-state index contributed by atoms with van der Waals surface area (Å²) in [6, 6.07) is 8.10. The van der Waals surface area contributed by atoms with Crippen molar-refractivity contribution in [1.82, 2.24) is 19.7 Å². The normalized spacial score (nSPS) is 17.1. The van der Waals surface area contributed by atoms with Crippen LogP contribution in [0.1, 0.15) is 25.5 Å². The molecule has 1 fully saturated rings. The Kier molecular flexibility index (Phi) is 3.86. The number of rotatable bonds is 3. The van der Waals surface area contributed by atoms with Crippen LogP contribution in [-0.2, 0) is 13.1 Å². The van der Waals surface area contributed by atoms with E-state index in [9.17, 15) is 5.11 Å². The number of fused-ring (bicyclic) bond motifs is 3. The predicted octanol–water partition coefficient (Wildman–Crippen LogP) is 2.14. The minimum absolute atomic E-state index is 0.158. The van der Waals surface area contributed by atoms with Gasteiger partial charge in [-0.05, 0) is 25.8 Å². The number of aromatic nitrogens is 3. The number of aryl methyl sites for hydroxylation is 1. The van der Waals surface area contributed by atoms with Crippen LogP contribution in [0.2, 0.25) is 0 Å². The quantitative estimate of drug-likeness (QED) is 0.771. The molecule has 0 amide bonds. The second-order valence-electron chi connectivity index (χ2n) is 6.51. The molecule has 3 aromatic rings. The number of aliphatic hydroxyl groups is 1. The maximum absolute atomic E-state index is 9.73. The van der Waals surface area contributed by atoms with E-state index >= 15 is 0 Å². The number of para-hydroxylation sites is 1. The van der Waals surface area contributed by atoms with Gasteiger partial charge in [0.05, 0.1) is 17.3 Å². The van der Waals surface area contributed by atoms with Gasteiger partial charge in [-0.2, -0.15) is 5.10 Å². The lowest BCUT2D eigenvalue weighted by Gasteiger charge is -2.29. The SMILES string of the molecule is CCn1nc2c(N)nc3ccccc3c2c1CN1CCC(O)CC1. The lowest BCUT2D eigenvalue weighted by Crippen LogP contribution is -2.35. The summed E-state index contributed by atoms with van der Waals surface area (Å²) in [7, 11) is 0. The molecule has 1 aliphatic rings. The van der Waals surface area contributed by atoms with Gasteiger partial charge in [-0.15, -0.1) is 0 Å². The number of nitrogen functional groups attached to an aromatic ring is 1. The summed E-state index contributed by atoms with van der Waals surface area (Å²) in [5.74, 6) is 0.492. The second-order valence-corrected chi connectivity index (χ2v) is 6.51. The molecule has 3 heterocycles. The van der Waals surface area contributed by atoms with Gasteiger partial charge in [-0.25, -0.2) is 4.98 Å². The number of anilines is 1. The van der Waals surface area contributed by atoms with E-state index in [1.807, 2.05) is 22.9 Å². The third kappa shape index (κ3) is 2.52. The fourth-order valence-electron chi connectivity index (χ4n) is 3.64. The van der Waals surface area contributed by atoms with Crippen LogP contribution in [0.25, 0.3) is 21.8 Å². The standard InChI is InChI=1S/C18H23N5O/c1-2-23-15(11-22-9-7-12(24)8-10-22)16-13-5-3-4-6-14(13)20-18(19)17(16)21-23/h3-6,12,24H,2,7-11H2,1H3,(H2,19,20). The molecule has 6 nitrogen and oxygen atoms in total. The molecule has 0 spiro atoms. The van der Waals surface area contributed by atoms with Crippen LogP contribution in [0.15, 0.2) is 24.3 Å². The number of benzene rings is 1. The van der Waals surface area contributed by atoms with E-state index in [2.05, 4.69) is 22.9 Å². The first kappa shape index (κ1) is 15.4. The smallest absolute Gasteiger partial charge is 0.152 e. The topological polar surface area (TPSA) is 80.2 Å². The Bertz CT molecular complexity index is 880. The van der Waals surface area contributed by atoms with Gasteiger partial charge in [-0.3, -0.25) is 9.58 Å². The minimum atomic E-state index is -0.158. The van der Waals surface area contributed by atoms with E-state index in [0.717, 1.165) is 60.8 Å². The molecule has 1 saturated heterocycles. The Morgan fingerprint density at radius 3 is 2.75 bits per heavy atom. The van der Waals surface area contributed by atoms with Crippen molar-refractivity contribution in [1.29, 1.82) is 0 Å². The van der Waals surface area contributed by atoms with Gasteiger partial charge in [0.1, 0.15) is 5.52 Å². The fourth-order valence-corrected chi connectivity index (χ4v) is 3.64. The highest BCUT2D eigenvalue weighted by Gasteiger charge is 2.22. The van der Waals surface area contributed by atoms with E-state index in [1.54, 1.807) is 0 Å². The van der Waals surface area contributed by atoms with Crippen LogP contribution in [0.3, 0.4) is 0 Å². The number of hydrogen-bond donors (Lipinski definition) is 2. The van der Waals surface area contributed by atoms with E-state index in [4.69, 9.17) is 10.8 Å². The van der Waals surface area contributed by atoms with Crippen LogP contribution in [0.4, 0.5) is 5.82 Å². The molecule has 1 aromatic carbocycles. The number of nitrogens with two attached hydrogens (primary N) is 1. The zero-order valence-electron chi connectivity index (χ0n) is 13.9. The number of aliphatic hydroxyl groups excluding tert-OH is 1. The molecule has 0 aliphatic carbocycles. The first-order chi connectivity index (χ1) is 11.7. The summed E-state index contributed by atoms with van der Waals surface area (Å²) < 4.78 is 2.04. The number of likely N-dealkylation sites (tertiary alicyclic amines) is 1. The van der Waals surface area contributed by atoms with Gasteiger partial charge in [0, 0.05) is 37.0 Å². The number of pyridine rings is 1. The molecule has 3 N–H and O–H groups in total. The summed E-state index contributed by atoms with van der Waals surface area (Å²) in [6.45, 7) is 5.55. The third-order valence-corrected chi connectivity index (χ3v) is 4.94. The lowest BCUT2D eigenvalue weighted by atomic mass is 10.1. The average molecular weight is 325 g/mol. The molecule has 0 saturated carbocycles. The fraction of sp³-hybridized carbons (Fsp3) is 0.444. The molecule has 0 atom stereocenters. The van der Waals surface area contributed by atoms with Crippen LogP contribution < -0.4 is 5.73 Å². The highest BCUT2D eigenvalue weighted by molar-refractivity contribution is 6.09. The maximum atomic E-state index is 9.73.